The molecule has 23 heavy (non-hydrogen) atoms. The minimum atomic E-state index is -0.105. The van der Waals surface area contributed by atoms with Gasteiger partial charge in [0.25, 0.3) is 5.91 Å². The summed E-state index contributed by atoms with van der Waals surface area (Å²) >= 11 is 0. The molecule has 130 valence electrons. The maximum absolute atomic E-state index is 12.3. The van der Waals surface area contributed by atoms with E-state index in [-0.39, 0.29) is 30.7 Å². The zero-order valence-electron chi connectivity index (χ0n) is 13.5. The number of hydrogen-bond donors (Lipinski definition) is 2. The third kappa shape index (κ3) is 5.62. The molecule has 2 aromatic heterocycles. The van der Waals surface area contributed by atoms with Gasteiger partial charge in [0.05, 0.1) is 23.8 Å². The predicted molar refractivity (Wildman–Crippen MR) is 94.8 cm³/mol. The number of nitrogens with one attached hydrogen (secondary N) is 2. The first kappa shape index (κ1) is 21.6. The fourth-order valence-electron chi connectivity index (χ4n) is 2.09. The van der Waals surface area contributed by atoms with Crippen molar-refractivity contribution in [3.63, 3.8) is 0 Å². The van der Waals surface area contributed by atoms with E-state index in [2.05, 4.69) is 20.7 Å². The van der Waals surface area contributed by atoms with Gasteiger partial charge in [-0.3, -0.25) is 9.48 Å². The van der Waals surface area contributed by atoms with Gasteiger partial charge in [0.1, 0.15) is 0 Å². The van der Waals surface area contributed by atoms with Crippen molar-refractivity contribution >= 4 is 41.8 Å². The van der Waals surface area contributed by atoms with Crippen LogP contribution in [0.5, 0.6) is 0 Å². The highest BCUT2D eigenvalue weighted by atomic mass is 35.5. The van der Waals surface area contributed by atoms with Crippen LogP contribution in [0.1, 0.15) is 16.1 Å². The van der Waals surface area contributed by atoms with Gasteiger partial charge in [-0.1, -0.05) is 0 Å². The lowest BCUT2D eigenvalue weighted by atomic mass is 10.1. The van der Waals surface area contributed by atoms with Gasteiger partial charge in [0.2, 0.25) is 0 Å². The van der Waals surface area contributed by atoms with Crippen molar-refractivity contribution in [2.24, 2.45) is 7.05 Å². The molecule has 0 aliphatic rings. The summed E-state index contributed by atoms with van der Waals surface area (Å²) in [6, 6.07) is 1.79. The Kier molecular flexibility index (Phi) is 9.74. The zero-order chi connectivity index (χ0) is 15.2. The van der Waals surface area contributed by atoms with Crippen LogP contribution in [0.15, 0.2) is 12.3 Å². The monoisotopic (exact) mass is 363 g/mol. The van der Waals surface area contributed by atoms with Crippen molar-refractivity contribution in [2.75, 3.05) is 33.4 Å². The standard InChI is InChI=1S/C14H21N5O2.2ClH/c1-10-8-11(12-9-17-19(2)13(12)18-10)14(20)16-5-4-15-6-7-21-3;;/h8-9,15H,4-7H2,1-3H3,(H,16,20);2*1H. The Bertz CT molecular complexity index is 633. The molecule has 2 N–H and O–H groups in total. The highest BCUT2D eigenvalue weighted by molar-refractivity contribution is 6.05. The molecule has 0 bridgehead atoms. The lowest BCUT2D eigenvalue weighted by Gasteiger charge is -2.08. The molecule has 0 aromatic carbocycles. The number of halogens is 2. The Morgan fingerprint density at radius 2 is 2.04 bits per heavy atom. The van der Waals surface area contributed by atoms with Gasteiger partial charge in [-0.2, -0.15) is 5.10 Å². The van der Waals surface area contributed by atoms with Crippen LogP contribution in [-0.4, -0.2) is 54.0 Å². The first-order valence-electron chi connectivity index (χ1n) is 6.90. The van der Waals surface area contributed by atoms with Crippen LogP contribution in [0.25, 0.3) is 11.0 Å². The van der Waals surface area contributed by atoms with E-state index in [9.17, 15) is 4.79 Å². The number of methoxy groups -OCH3 is 1. The second-order valence-corrected chi connectivity index (χ2v) is 4.82. The van der Waals surface area contributed by atoms with E-state index < -0.39 is 0 Å². The highest BCUT2D eigenvalue weighted by Gasteiger charge is 2.14. The molecule has 9 heteroatoms. The zero-order valence-corrected chi connectivity index (χ0v) is 15.1. The van der Waals surface area contributed by atoms with Crippen molar-refractivity contribution in [3.8, 4) is 0 Å². The van der Waals surface area contributed by atoms with Crippen LogP contribution < -0.4 is 10.6 Å². The number of carbonyl (C=O) groups excluding carboxylic acids is 1. The molecule has 0 aliphatic carbocycles. The number of amides is 1. The molecule has 2 rings (SSSR count). The van der Waals surface area contributed by atoms with Crippen molar-refractivity contribution in [3.05, 3.63) is 23.5 Å². The van der Waals surface area contributed by atoms with Gasteiger partial charge < -0.3 is 15.4 Å². The van der Waals surface area contributed by atoms with E-state index in [1.54, 1.807) is 24.1 Å². The molecular weight excluding hydrogens is 341 g/mol. The Balaban J connectivity index is 0.00000242. The van der Waals surface area contributed by atoms with Crippen molar-refractivity contribution in [1.29, 1.82) is 0 Å². The molecule has 0 spiro atoms. The Hall–Kier alpha value is -1.41. The van der Waals surface area contributed by atoms with E-state index in [1.165, 1.54) is 0 Å². The Labute approximate surface area is 148 Å². The molecule has 0 radical (unpaired) electrons. The van der Waals surface area contributed by atoms with E-state index in [1.807, 2.05) is 14.0 Å². The first-order valence-corrected chi connectivity index (χ1v) is 6.90. The molecule has 1 amide bonds. The molecule has 0 aliphatic heterocycles. The SMILES string of the molecule is COCCNCCNC(=O)c1cc(C)nc2c1cnn2C.Cl.Cl. The minimum Gasteiger partial charge on any atom is -0.383 e. The molecule has 2 aromatic rings. The Morgan fingerprint density at radius 3 is 2.74 bits per heavy atom. The second kappa shape index (κ2) is 10.4. The van der Waals surface area contributed by atoms with Gasteiger partial charge in [-0.25, -0.2) is 4.98 Å². The third-order valence-corrected chi connectivity index (χ3v) is 3.15. The summed E-state index contributed by atoms with van der Waals surface area (Å²) in [6.45, 7) is 4.57. The summed E-state index contributed by atoms with van der Waals surface area (Å²) in [5, 5.41) is 11.0. The predicted octanol–water partition coefficient (Wildman–Crippen LogP) is 1.09. The van der Waals surface area contributed by atoms with Crippen LogP contribution >= 0.6 is 24.8 Å². The minimum absolute atomic E-state index is 0. The highest BCUT2D eigenvalue weighted by Crippen LogP contribution is 2.17. The summed E-state index contributed by atoms with van der Waals surface area (Å²) in [5.41, 5.74) is 2.13. The summed E-state index contributed by atoms with van der Waals surface area (Å²) in [7, 11) is 3.48. The summed E-state index contributed by atoms with van der Waals surface area (Å²) in [6.07, 6.45) is 1.67. The van der Waals surface area contributed by atoms with Gasteiger partial charge in [0, 0.05) is 39.5 Å². The number of aromatic nitrogens is 3. The van der Waals surface area contributed by atoms with E-state index in [0.717, 1.165) is 23.3 Å². The van der Waals surface area contributed by atoms with E-state index in [0.29, 0.717) is 25.3 Å². The number of aryl methyl sites for hydroxylation is 2. The third-order valence-electron chi connectivity index (χ3n) is 3.15. The number of rotatable bonds is 7. The van der Waals surface area contributed by atoms with Gasteiger partial charge in [0.15, 0.2) is 5.65 Å². The maximum atomic E-state index is 12.3. The van der Waals surface area contributed by atoms with E-state index >= 15 is 0 Å². The number of hydrogen-bond acceptors (Lipinski definition) is 5. The van der Waals surface area contributed by atoms with E-state index in [4.69, 9.17) is 4.74 Å². The molecule has 0 atom stereocenters. The number of ether oxygens (including phenoxy) is 1. The van der Waals surface area contributed by atoms with Crippen LogP contribution in [0.2, 0.25) is 0 Å². The van der Waals surface area contributed by atoms with Gasteiger partial charge >= 0.3 is 0 Å². The number of fused-ring (bicyclic) bond motifs is 1. The summed E-state index contributed by atoms with van der Waals surface area (Å²) in [5.74, 6) is -0.105. The molecule has 0 saturated heterocycles. The quantitative estimate of drug-likeness (QED) is 0.719. The molecular formula is C14H23Cl2N5O2. The van der Waals surface area contributed by atoms with Crippen LogP contribution in [-0.2, 0) is 11.8 Å². The second-order valence-electron chi connectivity index (χ2n) is 4.82. The largest absolute Gasteiger partial charge is 0.383 e. The van der Waals surface area contributed by atoms with Crippen molar-refractivity contribution in [1.82, 2.24) is 25.4 Å². The molecule has 0 saturated carbocycles. The number of pyridine rings is 1. The van der Waals surface area contributed by atoms with Crippen LogP contribution in [0, 0.1) is 6.92 Å². The normalized spacial score (nSPS) is 10.0. The average Bonchev–Trinajstić information content (AvgIpc) is 2.83. The van der Waals surface area contributed by atoms with Crippen molar-refractivity contribution in [2.45, 2.75) is 6.92 Å². The maximum Gasteiger partial charge on any atom is 0.252 e. The van der Waals surface area contributed by atoms with Gasteiger partial charge in [-0.05, 0) is 13.0 Å². The van der Waals surface area contributed by atoms with Crippen LogP contribution in [0.3, 0.4) is 0 Å². The smallest absolute Gasteiger partial charge is 0.252 e. The molecule has 0 fully saturated rings. The Morgan fingerprint density at radius 1 is 1.30 bits per heavy atom. The topological polar surface area (TPSA) is 81.1 Å². The lowest BCUT2D eigenvalue weighted by Crippen LogP contribution is -2.33. The summed E-state index contributed by atoms with van der Waals surface area (Å²) < 4.78 is 6.61. The summed E-state index contributed by atoms with van der Waals surface area (Å²) in [4.78, 5) is 16.7. The lowest BCUT2D eigenvalue weighted by molar-refractivity contribution is 0.0955. The first-order chi connectivity index (χ1) is 10.1. The van der Waals surface area contributed by atoms with Crippen molar-refractivity contribution < 1.29 is 9.53 Å². The van der Waals surface area contributed by atoms with Crippen LogP contribution in [0.4, 0.5) is 0 Å². The molecule has 0 unspecified atom stereocenters. The average molecular weight is 364 g/mol. The number of nitrogens with zero attached hydrogens (tertiary/aromatic N) is 3. The fraction of sp³-hybridized carbons (Fsp3) is 0.500. The van der Waals surface area contributed by atoms with Gasteiger partial charge in [-0.15, -0.1) is 24.8 Å². The molecule has 7 nitrogen and oxygen atoms in total. The molecule has 2 heterocycles. The fourth-order valence-corrected chi connectivity index (χ4v) is 2.09. The number of carbonyl (C=O) groups is 1.